The lowest BCUT2D eigenvalue weighted by Gasteiger charge is -2.07. The van der Waals surface area contributed by atoms with Gasteiger partial charge in [0, 0.05) is 17.7 Å². The highest BCUT2D eigenvalue weighted by molar-refractivity contribution is 5.92. The van der Waals surface area contributed by atoms with Gasteiger partial charge in [0.05, 0.1) is 18.3 Å². The van der Waals surface area contributed by atoms with Gasteiger partial charge in [-0.15, -0.1) is 10.2 Å². The summed E-state index contributed by atoms with van der Waals surface area (Å²) in [5.74, 6) is -0.396. The molecule has 0 aliphatic rings. The number of para-hydroxylation sites is 1. The molecular formula is C18H13F2N5O. The second-order valence-electron chi connectivity index (χ2n) is 5.51. The van der Waals surface area contributed by atoms with Gasteiger partial charge in [0.25, 0.3) is 0 Å². The van der Waals surface area contributed by atoms with Crippen molar-refractivity contribution in [2.24, 2.45) is 0 Å². The van der Waals surface area contributed by atoms with Gasteiger partial charge in [-0.1, -0.05) is 12.1 Å². The van der Waals surface area contributed by atoms with Gasteiger partial charge in [0.15, 0.2) is 5.82 Å². The van der Waals surface area contributed by atoms with Gasteiger partial charge in [-0.2, -0.15) is 5.10 Å². The van der Waals surface area contributed by atoms with Gasteiger partial charge in [-0.25, -0.2) is 8.78 Å². The first-order chi connectivity index (χ1) is 12.7. The van der Waals surface area contributed by atoms with E-state index in [1.807, 2.05) is 24.3 Å². The van der Waals surface area contributed by atoms with Crippen molar-refractivity contribution >= 4 is 22.5 Å². The first-order valence-electron chi connectivity index (χ1n) is 7.73. The zero-order chi connectivity index (χ0) is 18.1. The number of nitrogens with one attached hydrogen (secondary N) is 2. The van der Waals surface area contributed by atoms with Crippen molar-refractivity contribution in [1.29, 1.82) is 0 Å². The van der Waals surface area contributed by atoms with Gasteiger partial charge < -0.3 is 10.1 Å². The number of hydrogen-bond acceptors (Lipinski definition) is 5. The van der Waals surface area contributed by atoms with Crippen LogP contribution in [0.15, 0.2) is 48.5 Å². The Morgan fingerprint density at radius 2 is 1.88 bits per heavy atom. The van der Waals surface area contributed by atoms with Crippen molar-refractivity contribution in [3.05, 3.63) is 60.2 Å². The number of benzene rings is 2. The highest BCUT2D eigenvalue weighted by atomic mass is 19.1. The number of methoxy groups -OCH3 is 1. The zero-order valence-corrected chi connectivity index (χ0v) is 13.6. The van der Waals surface area contributed by atoms with Crippen LogP contribution in [0.5, 0.6) is 5.75 Å². The number of anilines is 2. The first kappa shape index (κ1) is 15.9. The maximum atomic E-state index is 13.8. The first-order valence-corrected chi connectivity index (χ1v) is 7.73. The predicted octanol–water partition coefficient (Wildman–Crippen LogP) is 4.05. The number of nitrogens with zero attached hydrogens (tertiary/aromatic N) is 3. The molecule has 2 N–H and O–H groups in total. The van der Waals surface area contributed by atoms with Crippen LogP contribution in [-0.2, 0) is 0 Å². The van der Waals surface area contributed by atoms with Crippen LogP contribution in [0.3, 0.4) is 0 Å². The molecule has 2 aromatic heterocycles. The van der Waals surface area contributed by atoms with Crippen molar-refractivity contribution in [3.63, 3.8) is 0 Å². The van der Waals surface area contributed by atoms with Crippen LogP contribution < -0.4 is 10.1 Å². The Morgan fingerprint density at radius 1 is 1.04 bits per heavy atom. The molecule has 26 heavy (non-hydrogen) atoms. The molecule has 0 bridgehead atoms. The molecule has 4 rings (SSSR count). The van der Waals surface area contributed by atoms with Crippen LogP contribution in [-0.4, -0.2) is 27.5 Å². The summed E-state index contributed by atoms with van der Waals surface area (Å²) < 4.78 is 32.1. The standard InChI is InChI=1S/C18H13F2N5O/c1-26-15-5-3-2-4-11(15)17-18-14(22-24-17)9-16(23-25-18)21-13-7-6-10(19)8-12(13)20/h2-9H,1H3,(H,21,23)(H,22,24). The van der Waals surface area contributed by atoms with Crippen LogP contribution in [0.2, 0.25) is 0 Å². The summed E-state index contributed by atoms with van der Waals surface area (Å²) in [6, 6.07) is 12.3. The quantitative estimate of drug-likeness (QED) is 0.579. The minimum Gasteiger partial charge on any atom is -0.496 e. The monoisotopic (exact) mass is 353 g/mol. The lowest BCUT2D eigenvalue weighted by atomic mass is 10.1. The maximum absolute atomic E-state index is 13.8. The Morgan fingerprint density at radius 3 is 2.69 bits per heavy atom. The molecule has 0 saturated carbocycles. The smallest absolute Gasteiger partial charge is 0.155 e. The average Bonchev–Trinajstić information content (AvgIpc) is 3.07. The van der Waals surface area contributed by atoms with E-state index in [-0.39, 0.29) is 5.69 Å². The van der Waals surface area contributed by atoms with E-state index >= 15 is 0 Å². The SMILES string of the molecule is COc1ccccc1-c1n[nH]c2cc(Nc3ccc(F)cc3F)nnc12. The lowest BCUT2D eigenvalue weighted by Crippen LogP contribution is -1.98. The molecule has 0 unspecified atom stereocenters. The van der Waals surface area contributed by atoms with Gasteiger partial charge in [-0.05, 0) is 24.3 Å². The predicted molar refractivity (Wildman–Crippen MR) is 93.3 cm³/mol. The van der Waals surface area contributed by atoms with Crippen LogP contribution in [0.1, 0.15) is 0 Å². The fraction of sp³-hybridized carbons (Fsp3) is 0.0556. The second kappa shape index (κ2) is 6.40. The Balaban J connectivity index is 1.71. The molecule has 2 aromatic carbocycles. The van der Waals surface area contributed by atoms with Crippen molar-refractivity contribution in [2.45, 2.75) is 0 Å². The van der Waals surface area contributed by atoms with E-state index in [0.29, 0.717) is 28.3 Å². The Kier molecular flexibility index (Phi) is 3.92. The third kappa shape index (κ3) is 2.81. The third-order valence-electron chi connectivity index (χ3n) is 3.86. The summed E-state index contributed by atoms with van der Waals surface area (Å²) in [5, 5.41) is 18.2. The minimum atomic E-state index is -0.716. The summed E-state index contributed by atoms with van der Waals surface area (Å²) in [5.41, 5.74) is 2.65. The van der Waals surface area contributed by atoms with Gasteiger partial charge in [0.1, 0.15) is 28.6 Å². The van der Waals surface area contributed by atoms with E-state index < -0.39 is 11.6 Å². The average molecular weight is 353 g/mol. The number of hydrogen-bond donors (Lipinski definition) is 2. The molecule has 0 aliphatic heterocycles. The summed E-state index contributed by atoms with van der Waals surface area (Å²) in [7, 11) is 1.58. The molecule has 0 fully saturated rings. The third-order valence-corrected chi connectivity index (χ3v) is 3.86. The van der Waals surface area contributed by atoms with Crippen molar-refractivity contribution in [1.82, 2.24) is 20.4 Å². The fourth-order valence-electron chi connectivity index (χ4n) is 2.64. The summed E-state index contributed by atoms with van der Waals surface area (Å²) in [4.78, 5) is 0. The van der Waals surface area contributed by atoms with Crippen molar-refractivity contribution in [2.75, 3.05) is 12.4 Å². The van der Waals surface area contributed by atoms with Gasteiger partial charge in [0.2, 0.25) is 0 Å². The minimum absolute atomic E-state index is 0.101. The van der Waals surface area contributed by atoms with Crippen LogP contribution >= 0.6 is 0 Å². The fourth-order valence-corrected chi connectivity index (χ4v) is 2.64. The molecule has 0 atom stereocenters. The normalized spacial score (nSPS) is 10.9. The van der Waals surface area contributed by atoms with E-state index in [4.69, 9.17) is 4.74 Å². The van der Waals surface area contributed by atoms with Crippen LogP contribution in [0, 0.1) is 11.6 Å². The molecule has 0 radical (unpaired) electrons. The van der Waals surface area contributed by atoms with E-state index in [1.165, 1.54) is 6.07 Å². The molecule has 2 heterocycles. The van der Waals surface area contributed by atoms with E-state index in [1.54, 1.807) is 13.2 Å². The summed E-state index contributed by atoms with van der Waals surface area (Å²) >= 11 is 0. The molecule has 6 nitrogen and oxygen atoms in total. The maximum Gasteiger partial charge on any atom is 0.155 e. The van der Waals surface area contributed by atoms with Crippen LogP contribution in [0.4, 0.5) is 20.3 Å². The number of aromatic nitrogens is 4. The Hall–Kier alpha value is -3.55. The number of H-pyrrole nitrogens is 1. The van der Waals surface area contributed by atoms with E-state index in [0.717, 1.165) is 17.7 Å². The van der Waals surface area contributed by atoms with Crippen molar-refractivity contribution < 1.29 is 13.5 Å². The molecular weight excluding hydrogens is 340 g/mol. The van der Waals surface area contributed by atoms with Crippen molar-refractivity contribution in [3.8, 4) is 17.0 Å². The number of rotatable bonds is 4. The number of aromatic amines is 1. The molecule has 0 spiro atoms. The van der Waals surface area contributed by atoms with Gasteiger partial charge in [-0.3, -0.25) is 5.10 Å². The lowest BCUT2D eigenvalue weighted by molar-refractivity contribution is 0.416. The Bertz CT molecular complexity index is 1100. The van der Waals surface area contributed by atoms with E-state index in [2.05, 4.69) is 25.7 Å². The number of fused-ring (bicyclic) bond motifs is 1. The Labute approximate surface area is 146 Å². The molecule has 130 valence electrons. The van der Waals surface area contributed by atoms with E-state index in [9.17, 15) is 8.78 Å². The summed E-state index contributed by atoms with van der Waals surface area (Å²) in [6.07, 6.45) is 0. The molecule has 0 aliphatic carbocycles. The van der Waals surface area contributed by atoms with Crippen LogP contribution in [0.25, 0.3) is 22.3 Å². The largest absolute Gasteiger partial charge is 0.496 e. The topological polar surface area (TPSA) is 75.7 Å². The molecule has 0 amide bonds. The highest BCUT2D eigenvalue weighted by Gasteiger charge is 2.15. The number of halogens is 2. The second-order valence-corrected chi connectivity index (χ2v) is 5.51. The van der Waals surface area contributed by atoms with Gasteiger partial charge >= 0.3 is 0 Å². The number of ether oxygens (including phenoxy) is 1. The summed E-state index contributed by atoms with van der Waals surface area (Å²) in [6.45, 7) is 0. The zero-order valence-electron chi connectivity index (χ0n) is 13.6. The molecule has 4 aromatic rings. The molecule has 0 saturated heterocycles. The molecule has 8 heteroatoms. The highest BCUT2D eigenvalue weighted by Crippen LogP contribution is 2.32.